The lowest BCUT2D eigenvalue weighted by Gasteiger charge is -2.29. The highest BCUT2D eigenvalue weighted by Crippen LogP contribution is 2.23. The quantitative estimate of drug-likeness (QED) is 0.614. The average molecular weight is 153 g/mol. The van der Waals surface area contributed by atoms with E-state index in [0.29, 0.717) is 0 Å². The predicted molar refractivity (Wildman–Crippen MR) is 49.6 cm³/mol. The molecule has 0 radical (unpaired) electrons. The maximum atomic E-state index is 3.71. The first-order chi connectivity index (χ1) is 5.34. The predicted octanol–water partition coefficient (Wildman–Crippen LogP) is 2.34. The third-order valence-corrected chi connectivity index (χ3v) is 2.64. The summed E-state index contributed by atoms with van der Waals surface area (Å²) in [5, 5.41) is 3.50. The van der Waals surface area contributed by atoms with Crippen molar-refractivity contribution in [2.24, 2.45) is 5.92 Å². The molecule has 0 spiro atoms. The molecule has 0 saturated heterocycles. The van der Waals surface area contributed by atoms with E-state index in [-0.39, 0.29) is 0 Å². The zero-order chi connectivity index (χ0) is 8.10. The highest BCUT2D eigenvalue weighted by atomic mass is 14.9. The molecule has 1 aliphatic carbocycles. The normalized spacial score (nSPS) is 31.7. The molecule has 1 nitrogen and oxygen atoms in total. The Hall–Kier alpha value is -0.300. The van der Waals surface area contributed by atoms with Gasteiger partial charge in [-0.3, -0.25) is 0 Å². The molecular formula is C10H19N. The summed E-state index contributed by atoms with van der Waals surface area (Å²) in [6.07, 6.45) is 7.53. The largest absolute Gasteiger partial charge is 0.310 e. The van der Waals surface area contributed by atoms with Gasteiger partial charge in [0.1, 0.15) is 0 Å². The van der Waals surface area contributed by atoms with Crippen molar-refractivity contribution >= 4 is 0 Å². The monoisotopic (exact) mass is 153 g/mol. The Balaban J connectivity index is 2.23. The van der Waals surface area contributed by atoms with Gasteiger partial charge in [0.2, 0.25) is 0 Å². The van der Waals surface area contributed by atoms with Gasteiger partial charge in [-0.25, -0.2) is 0 Å². The van der Waals surface area contributed by atoms with Gasteiger partial charge in [0.05, 0.1) is 0 Å². The van der Waals surface area contributed by atoms with Crippen LogP contribution in [0.15, 0.2) is 12.7 Å². The van der Waals surface area contributed by atoms with E-state index in [0.717, 1.165) is 18.5 Å². The van der Waals surface area contributed by atoms with Crippen LogP contribution < -0.4 is 5.32 Å². The van der Waals surface area contributed by atoms with Gasteiger partial charge in [0.25, 0.3) is 0 Å². The molecule has 0 aromatic heterocycles. The minimum atomic E-state index is 0.752. The van der Waals surface area contributed by atoms with Crippen molar-refractivity contribution in [1.29, 1.82) is 0 Å². The minimum absolute atomic E-state index is 0.752. The van der Waals surface area contributed by atoms with Gasteiger partial charge >= 0.3 is 0 Å². The maximum absolute atomic E-state index is 3.71. The first kappa shape index (κ1) is 8.79. The van der Waals surface area contributed by atoms with Gasteiger partial charge in [0, 0.05) is 12.6 Å². The Morgan fingerprint density at radius 2 is 2.18 bits per heavy atom. The van der Waals surface area contributed by atoms with Crippen molar-refractivity contribution in [3.8, 4) is 0 Å². The van der Waals surface area contributed by atoms with E-state index in [9.17, 15) is 0 Å². The number of hydrogen-bond acceptors (Lipinski definition) is 1. The number of rotatable bonds is 3. The fraction of sp³-hybridized carbons (Fsp3) is 0.800. The third kappa shape index (κ3) is 2.66. The lowest BCUT2D eigenvalue weighted by Crippen LogP contribution is -2.37. The highest BCUT2D eigenvalue weighted by Gasteiger charge is 2.19. The van der Waals surface area contributed by atoms with Crippen LogP contribution >= 0.6 is 0 Å². The van der Waals surface area contributed by atoms with Gasteiger partial charge in [-0.1, -0.05) is 25.8 Å². The summed E-state index contributed by atoms with van der Waals surface area (Å²) in [6.45, 7) is 7.02. The van der Waals surface area contributed by atoms with E-state index >= 15 is 0 Å². The molecule has 11 heavy (non-hydrogen) atoms. The van der Waals surface area contributed by atoms with Crippen LogP contribution in [0.4, 0.5) is 0 Å². The lowest BCUT2D eigenvalue weighted by molar-refractivity contribution is 0.288. The zero-order valence-corrected chi connectivity index (χ0v) is 7.47. The SMILES string of the molecule is C=CCN[C@@H]1CCCC[C@@H]1C. The van der Waals surface area contributed by atoms with Crippen LogP contribution in [0.3, 0.4) is 0 Å². The molecule has 0 bridgehead atoms. The van der Waals surface area contributed by atoms with Crippen LogP contribution in [0.1, 0.15) is 32.6 Å². The van der Waals surface area contributed by atoms with E-state index < -0.39 is 0 Å². The molecule has 0 aliphatic heterocycles. The van der Waals surface area contributed by atoms with Gasteiger partial charge in [-0.2, -0.15) is 0 Å². The molecule has 0 unspecified atom stereocenters. The molecule has 1 aliphatic rings. The second-order valence-corrected chi connectivity index (χ2v) is 3.57. The van der Waals surface area contributed by atoms with Crippen molar-refractivity contribution < 1.29 is 0 Å². The first-order valence-corrected chi connectivity index (χ1v) is 4.69. The zero-order valence-electron chi connectivity index (χ0n) is 7.47. The van der Waals surface area contributed by atoms with E-state index in [4.69, 9.17) is 0 Å². The van der Waals surface area contributed by atoms with Crippen molar-refractivity contribution in [3.05, 3.63) is 12.7 Å². The van der Waals surface area contributed by atoms with Crippen LogP contribution in [0.5, 0.6) is 0 Å². The summed E-state index contributed by atoms with van der Waals surface area (Å²) in [4.78, 5) is 0. The van der Waals surface area contributed by atoms with Gasteiger partial charge in [0.15, 0.2) is 0 Å². The second kappa shape index (κ2) is 4.55. The van der Waals surface area contributed by atoms with Gasteiger partial charge in [-0.15, -0.1) is 6.58 Å². The Morgan fingerprint density at radius 3 is 2.82 bits per heavy atom. The molecule has 1 heteroatoms. The summed E-state index contributed by atoms with van der Waals surface area (Å²) in [7, 11) is 0. The van der Waals surface area contributed by atoms with Gasteiger partial charge in [-0.05, 0) is 18.8 Å². The van der Waals surface area contributed by atoms with Crippen LogP contribution in [0.2, 0.25) is 0 Å². The minimum Gasteiger partial charge on any atom is -0.310 e. The Morgan fingerprint density at radius 1 is 1.45 bits per heavy atom. The van der Waals surface area contributed by atoms with Crippen LogP contribution in [0, 0.1) is 5.92 Å². The lowest BCUT2D eigenvalue weighted by atomic mass is 9.86. The van der Waals surface area contributed by atoms with Gasteiger partial charge < -0.3 is 5.32 Å². The fourth-order valence-corrected chi connectivity index (χ4v) is 1.85. The third-order valence-electron chi connectivity index (χ3n) is 2.64. The maximum Gasteiger partial charge on any atom is 0.0134 e. The van der Waals surface area contributed by atoms with Crippen molar-refractivity contribution in [3.63, 3.8) is 0 Å². The van der Waals surface area contributed by atoms with E-state index in [2.05, 4.69) is 18.8 Å². The topological polar surface area (TPSA) is 12.0 Å². The average Bonchev–Trinajstić information content (AvgIpc) is 2.03. The molecule has 1 saturated carbocycles. The van der Waals surface area contributed by atoms with Crippen molar-refractivity contribution in [2.45, 2.75) is 38.6 Å². The van der Waals surface area contributed by atoms with Crippen LogP contribution in [0.25, 0.3) is 0 Å². The Kier molecular flexibility index (Phi) is 3.64. The summed E-state index contributed by atoms with van der Waals surface area (Å²) in [5.74, 6) is 0.865. The van der Waals surface area contributed by atoms with Crippen molar-refractivity contribution in [2.75, 3.05) is 6.54 Å². The molecular weight excluding hydrogens is 134 g/mol. The molecule has 0 heterocycles. The van der Waals surface area contributed by atoms with E-state index in [1.165, 1.54) is 25.7 Å². The summed E-state index contributed by atoms with van der Waals surface area (Å²) in [5.41, 5.74) is 0. The van der Waals surface area contributed by atoms with Crippen LogP contribution in [-0.2, 0) is 0 Å². The first-order valence-electron chi connectivity index (χ1n) is 4.69. The highest BCUT2D eigenvalue weighted by molar-refractivity contribution is 4.81. The number of hydrogen-bond donors (Lipinski definition) is 1. The molecule has 0 amide bonds. The van der Waals surface area contributed by atoms with E-state index in [1.807, 2.05) is 6.08 Å². The number of nitrogens with one attached hydrogen (secondary N) is 1. The Bertz CT molecular complexity index is 120. The summed E-state index contributed by atoms with van der Waals surface area (Å²) < 4.78 is 0. The molecule has 2 atom stereocenters. The Labute approximate surface area is 69.9 Å². The second-order valence-electron chi connectivity index (χ2n) is 3.57. The molecule has 1 N–H and O–H groups in total. The fourth-order valence-electron chi connectivity index (χ4n) is 1.85. The van der Waals surface area contributed by atoms with Crippen molar-refractivity contribution in [1.82, 2.24) is 5.32 Å². The molecule has 1 rings (SSSR count). The van der Waals surface area contributed by atoms with E-state index in [1.54, 1.807) is 0 Å². The molecule has 0 aromatic rings. The van der Waals surface area contributed by atoms with Crippen LogP contribution in [-0.4, -0.2) is 12.6 Å². The smallest absolute Gasteiger partial charge is 0.0134 e. The summed E-state index contributed by atoms with van der Waals surface area (Å²) in [6, 6.07) is 0.752. The standard InChI is InChI=1S/C10H19N/c1-3-8-11-10-7-5-4-6-9(10)2/h3,9-11H,1,4-8H2,2H3/t9-,10+/m0/s1. The molecule has 64 valence electrons. The molecule has 1 fully saturated rings. The molecule has 0 aromatic carbocycles. The summed E-state index contributed by atoms with van der Waals surface area (Å²) >= 11 is 0.